The Hall–Kier alpha value is -3.68. The van der Waals surface area contributed by atoms with Crippen molar-refractivity contribution in [3.05, 3.63) is 88.9 Å². The number of nitrogens with zero attached hydrogens (tertiary/aromatic N) is 2. The van der Waals surface area contributed by atoms with E-state index in [9.17, 15) is 18.4 Å². The van der Waals surface area contributed by atoms with E-state index in [1.807, 2.05) is 0 Å². The van der Waals surface area contributed by atoms with E-state index in [4.69, 9.17) is 0 Å². The van der Waals surface area contributed by atoms with Crippen molar-refractivity contribution in [3.8, 4) is 0 Å². The van der Waals surface area contributed by atoms with Gasteiger partial charge < -0.3 is 10.6 Å². The molecule has 1 aromatic carbocycles. The topological polar surface area (TPSA) is 84.0 Å². The van der Waals surface area contributed by atoms with E-state index in [2.05, 4.69) is 20.6 Å². The first-order valence-electron chi connectivity index (χ1n) is 8.34. The second-order valence-corrected chi connectivity index (χ2v) is 5.94. The van der Waals surface area contributed by atoms with Crippen LogP contribution in [0.2, 0.25) is 0 Å². The predicted octanol–water partition coefficient (Wildman–Crippen LogP) is 2.96. The summed E-state index contributed by atoms with van der Waals surface area (Å²) in [4.78, 5) is 31.8. The number of amides is 2. The number of anilines is 1. The van der Waals surface area contributed by atoms with Crippen LogP contribution in [0.15, 0.2) is 54.9 Å². The van der Waals surface area contributed by atoms with Crippen LogP contribution in [0, 0.1) is 11.6 Å². The van der Waals surface area contributed by atoms with Gasteiger partial charge in [-0.2, -0.15) is 0 Å². The molecule has 142 valence electrons. The molecule has 0 saturated carbocycles. The molecule has 3 rings (SSSR count). The number of carbonyl (C=O) groups excluding carboxylic acids is 2. The van der Waals surface area contributed by atoms with Gasteiger partial charge in [0.15, 0.2) is 11.6 Å². The molecule has 0 spiro atoms. The van der Waals surface area contributed by atoms with E-state index in [-0.39, 0.29) is 17.2 Å². The smallest absolute Gasteiger partial charge is 0.269 e. The van der Waals surface area contributed by atoms with Gasteiger partial charge in [0.05, 0.1) is 5.56 Å². The first-order valence-corrected chi connectivity index (χ1v) is 8.34. The highest BCUT2D eigenvalue weighted by atomic mass is 19.2. The summed E-state index contributed by atoms with van der Waals surface area (Å²) in [7, 11) is 1.49. The first-order chi connectivity index (χ1) is 13.5. The minimum absolute atomic E-state index is 0.207. The molecule has 2 aromatic heterocycles. The molecule has 0 radical (unpaired) electrons. The van der Waals surface area contributed by atoms with Gasteiger partial charge >= 0.3 is 0 Å². The standard InChI is InChI=1S/C20H16F2N4O2/c1-23-20(28)17-6-4-14(11-24-17)19(27)26-18-7-3-13(10-25-18)8-12-2-5-15(21)16(22)9-12/h2-7,9-11H,8H2,1H3,(H,23,28)(H,25,26,27). The zero-order valence-corrected chi connectivity index (χ0v) is 14.9. The van der Waals surface area contributed by atoms with Crippen molar-refractivity contribution in [3.63, 3.8) is 0 Å². The Balaban J connectivity index is 1.64. The molecule has 2 amide bonds. The van der Waals surface area contributed by atoms with Crippen LogP contribution in [-0.4, -0.2) is 28.8 Å². The van der Waals surface area contributed by atoms with Crippen molar-refractivity contribution in [2.75, 3.05) is 12.4 Å². The Morgan fingerprint density at radius 1 is 0.893 bits per heavy atom. The maximum atomic E-state index is 13.3. The Morgan fingerprint density at radius 2 is 1.68 bits per heavy atom. The number of benzene rings is 1. The van der Waals surface area contributed by atoms with Crippen LogP contribution in [0.3, 0.4) is 0 Å². The van der Waals surface area contributed by atoms with E-state index in [0.29, 0.717) is 17.8 Å². The lowest BCUT2D eigenvalue weighted by Crippen LogP contribution is -2.20. The SMILES string of the molecule is CNC(=O)c1ccc(C(=O)Nc2ccc(Cc3ccc(F)c(F)c3)cn2)cn1. The van der Waals surface area contributed by atoms with Crippen molar-refractivity contribution in [1.82, 2.24) is 15.3 Å². The summed E-state index contributed by atoms with van der Waals surface area (Å²) in [5.41, 5.74) is 1.87. The predicted molar refractivity (Wildman–Crippen MR) is 99.0 cm³/mol. The number of nitrogens with one attached hydrogen (secondary N) is 2. The molecule has 6 nitrogen and oxygen atoms in total. The van der Waals surface area contributed by atoms with Gasteiger partial charge in [0.1, 0.15) is 11.5 Å². The van der Waals surface area contributed by atoms with Crippen molar-refractivity contribution in [2.45, 2.75) is 6.42 Å². The molecule has 0 aliphatic rings. The van der Waals surface area contributed by atoms with Crippen molar-refractivity contribution < 1.29 is 18.4 Å². The minimum atomic E-state index is -0.898. The fourth-order valence-electron chi connectivity index (χ4n) is 2.47. The highest BCUT2D eigenvalue weighted by Gasteiger charge is 2.10. The Bertz CT molecular complexity index is 1010. The lowest BCUT2D eigenvalue weighted by Gasteiger charge is -2.07. The molecule has 0 fully saturated rings. The average Bonchev–Trinajstić information content (AvgIpc) is 2.71. The Kier molecular flexibility index (Phi) is 5.69. The van der Waals surface area contributed by atoms with Gasteiger partial charge in [0.2, 0.25) is 0 Å². The molecule has 0 saturated heterocycles. The Morgan fingerprint density at radius 3 is 2.29 bits per heavy atom. The summed E-state index contributed by atoms with van der Waals surface area (Å²) in [6, 6.07) is 10.0. The summed E-state index contributed by atoms with van der Waals surface area (Å²) < 4.78 is 26.3. The molecule has 0 aliphatic carbocycles. The average molecular weight is 382 g/mol. The molecule has 0 aliphatic heterocycles. The zero-order chi connectivity index (χ0) is 20.1. The second kappa shape index (κ2) is 8.34. The summed E-state index contributed by atoms with van der Waals surface area (Å²) in [5.74, 6) is -2.22. The molecule has 0 bridgehead atoms. The lowest BCUT2D eigenvalue weighted by molar-refractivity contribution is 0.0955. The summed E-state index contributed by atoms with van der Waals surface area (Å²) in [5, 5.41) is 5.08. The van der Waals surface area contributed by atoms with E-state index < -0.39 is 17.5 Å². The zero-order valence-electron chi connectivity index (χ0n) is 14.9. The normalized spacial score (nSPS) is 10.4. The number of pyridine rings is 2. The fraction of sp³-hybridized carbons (Fsp3) is 0.100. The third-order valence-electron chi connectivity index (χ3n) is 3.94. The molecule has 3 aromatic rings. The van der Waals surface area contributed by atoms with Gasteiger partial charge in [-0.1, -0.05) is 12.1 Å². The van der Waals surface area contributed by atoms with Crippen molar-refractivity contribution in [2.24, 2.45) is 0 Å². The highest BCUT2D eigenvalue weighted by molar-refractivity contribution is 6.04. The van der Waals surface area contributed by atoms with E-state index in [0.717, 1.165) is 17.7 Å². The quantitative estimate of drug-likeness (QED) is 0.711. The van der Waals surface area contributed by atoms with Crippen LogP contribution < -0.4 is 10.6 Å². The number of halogens is 2. The summed E-state index contributed by atoms with van der Waals surface area (Å²) >= 11 is 0. The molecule has 28 heavy (non-hydrogen) atoms. The molecular weight excluding hydrogens is 366 g/mol. The summed E-state index contributed by atoms with van der Waals surface area (Å²) in [6.45, 7) is 0. The highest BCUT2D eigenvalue weighted by Crippen LogP contribution is 2.14. The number of aromatic nitrogens is 2. The third-order valence-corrected chi connectivity index (χ3v) is 3.94. The van der Waals surface area contributed by atoms with Crippen LogP contribution in [0.25, 0.3) is 0 Å². The van der Waals surface area contributed by atoms with Gasteiger partial charge in [-0.3, -0.25) is 14.6 Å². The largest absolute Gasteiger partial charge is 0.354 e. The second-order valence-electron chi connectivity index (χ2n) is 5.94. The molecule has 0 atom stereocenters. The third kappa shape index (κ3) is 4.53. The van der Waals surface area contributed by atoms with Crippen LogP contribution in [-0.2, 0) is 6.42 Å². The van der Waals surface area contributed by atoms with Crippen LogP contribution in [0.5, 0.6) is 0 Å². The van der Waals surface area contributed by atoms with Gasteiger partial charge in [0, 0.05) is 19.4 Å². The van der Waals surface area contributed by atoms with Gasteiger partial charge in [0.25, 0.3) is 11.8 Å². The van der Waals surface area contributed by atoms with Crippen LogP contribution in [0.1, 0.15) is 32.0 Å². The fourth-order valence-corrected chi connectivity index (χ4v) is 2.47. The van der Waals surface area contributed by atoms with Crippen molar-refractivity contribution in [1.29, 1.82) is 0 Å². The number of hydrogen-bond acceptors (Lipinski definition) is 4. The monoisotopic (exact) mass is 382 g/mol. The van der Waals surface area contributed by atoms with Crippen molar-refractivity contribution >= 4 is 17.6 Å². The molecule has 2 N–H and O–H groups in total. The molecular formula is C20H16F2N4O2. The first kappa shape index (κ1) is 19.1. The van der Waals surface area contributed by atoms with E-state index in [1.165, 1.54) is 31.4 Å². The summed E-state index contributed by atoms with van der Waals surface area (Å²) in [6.07, 6.45) is 3.23. The Labute approximate surface area is 159 Å². The number of hydrogen-bond donors (Lipinski definition) is 2. The van der Waals surface area contributed by atoms with E-state index >= 15 is 0 Å². The number of rotatable bonds is 5. The van der Waals surface area contributed by atoms with Crippen LogP contribution in [0.4, 0.5) is 14.6 Å². The number of carbonyl (C=O) groups is 2. The minimum Gasteiger partial charge on any atom is -0.354 e. The maximum Gasteiger partial charge on any atom is 0.269 e. The van der Waals surface area contributed by atoms with Crippen LogP contribution >= 0.6 is 0 Å². The molecule has 2 heterocycles. The maximum absolute atomic E-state index is 13.3. The molecule has 8 heteroatoms. The van der Waals surface area contributed by atoms with Gasteiger partial charge in [-0.15, -0.1) is 0 Å². The van der Waals surface area contributed by atoms with Gasteiger partial charge in [-0.25, -0.2) is 13.8 Å². The lowest BCUT2D eigenvalue weighted by atomic mass is 10.1. The van der Waals surface area contributed by atoms with E-state index in [1.54, 1.807) is 18.3 Å². The van der Waals surface area contributed by atoms with Gasteiger partial charge in [-0.05, 0) is 47.9 Å². The molecule has 0 unspecified atom stereocenters.